The van der Waals surface area contributed by atoms with E-state index in [4.69, 9.17) is 9.84 Å². The summed E-state index contributed by atoms with van der Waals surface area (Å²) in [6.07, 6.45) is 0.317. The number of aliphatic hydroxyl groups is 1. The summed E-state index contributed by atoms with van der Waals surface area (Å²) in [7, 11) is 0. The molecule has 172 valence electrons. The molecule has 1 saturated carbocycles. The Labute approximate surface area is 191 Å². The van der Waals surface area contributed by atoms with Crippen LogP contribution < -0.4 is 5.32 Å². The Morgan fingerprint density at radius 1 is 0.939 bits per heavy atom. The third-order valence-corrected chi connectivity index (χ3v) is 7.12. The van der Waals surface area contributed by atoms with Crippen LogP contribution in [0.15, 0.2) is 48.5 Å². The number of ether oxygens (including phenoxy) is 1. The monoisotopic (exact) mass is 450 g/mol. The molecule has 33 heavy (non-hydrogen) atoms. The van der Waals surface area contributed by atoms with Gasteiger partial charge in [0.05, 0.1) is 0 Å². The van der Waals surface area contributed by atoms with Crippen molar-refractivity contribution in [3.63, 3.8) is 0 Å². The Hall–Kier alpha value is -3.39. The van der Waals surface area contributed by atoms with Gasteiger partial charge in [0, 0.05) is 31.8 Å². The van der Waals surface area contributed by atoms with Gasteiger partial charge in [-0.1, -0.05) is 48.5 Å². The molecule has 0 bridgehead atoms. The van der Waals surface area contributed by atoms with Crippen LogP contribution in [0.2, 0.25) is 0 Å². The maximum atomic E-state index is 13.0. The molecule has 0 aromatic heterocycles. The van der Waals surface area contributed by atoms with Gasteiger partial charge in [0.25, 0.3) is 0 Å². The lowest BCUT2D eigenvalue weighted by atomic mass is 9.91. The minimum atomic E-state index is -1.80. The van der Waals surface area contributed by atoms with Crippen LogP contribution in [0.1, 0.15) is 42.7 Å². The number of benzene rings is 2. The van der Waals surface area contributed by atoms with Gasteiger partial charge in [0.2, 0.25) is 5.91 Å². The first kappa shape index (κ1) is 21.5. The normalized spacial score (nSPS) is 19.8. The van der Waals surface area contributed by atoms with Gasteiger partial charge < -0.3 is 25.2 Å². The molecule has 0 spiro atoms. The van der Waals surface area contributed by atoms with E-state index in [1.165, 1.54) is 4.90 Å². The minimum Gasteiger partial charge on any atom is -0.479 e. The number of piperidine rings is 1. The van der Waals surface area contributed by atoms with Crippen LogP contribution in [-0.2, 0) is 14.3 Å². The van der Waals surface area contributed by atoms with Gasteiger partial charge in [-0.15, -0.1) is 0 Å². The van der Waals surface area contributed by atoms with Crippen LogP contribution in [0, 0.1) is 0 Å². The predicted molar refractivity (Wildman–Crippen MR) is 119 cm³/mol. The lowest BCUT2D eigenvalue weighted by Gasteiger charge is -2.37. The van der Waals surface area contributed by atoms with Crippen molar-refractivity contribution in [2.75, 3.05) is 19.7 Å². The van der Waals surface area contributed by atoms with Crippen molar-refractivity contribution >= 4 is 18.0 Å². The number of likely N-dealkylation sites (tertiary alicyclic amines) is 1. The molecule has 1 saturated heterocycles. The Kier molecular flexibility index (Phi) is 5.12. The molecule has 2 fully saturated rings. The van der Waals surface area contributed by atoms with Crippen molar-refractivity contribution in [2.24, 2.45) is 0 Å². The molecule has 1 aliphatic heterocycles. The molecular weight excluding hydrogens is 424 g/mol. The van der Waals surface area contributed by atoms with Crippen molar-refractivity contribution in [3.05, 3.63) is 59.7 Å². The molecule has 2 amide bonds. The van der Waals surface area contributed by atoms with E-state index in [1.807, 2.05) is 36.4 Å². The van der Waals surface area contributed by atoms with Crippen LogP contribution in [-0.4, -0.2) is 63.9 Å². The van der Waals surface area contributed by atoms with E-state index in [0.717, 1.165) is 22.3 Å². The van der Waals surface area contributed by atoms with Crippen LogP contribution >= 0.6 is 0 Å². The number of nitrogens with one attached hydrogen (secondary N) is 1. The average Bonchev–Trinajstić information content (AvgIpc) is 3.53. The average molecular weight is 450 g/mol. The van der Waals surface area contributed by atoms with E-state index >= 15 is 0 Å². The van der Waals surface area contributed by atoms with Crippen molar-refractivity contribution in [3.8, 4) is 11.1 Å². The fourth-order valence-corrected chi connectivity index (χ4v) is 4.94. The Bertz CT molecular complexity index is 1070. The molecule has 2 aromatic carbocycles. The van der Waals surface area contributed by atoms with Gasteiger partial charge in [-0.05, 0) is 35.1 Å². The number of carbonyl (C=O) groups excluding carboxylic acids is 2. The van der Waals surface area contributed by atoms with Crippen molar-refractivity contribution in [1.82, 2.24) is 10.2 Å². The Morgan fingerprint density at radius 3 is 2.00 bits per heavy atom. The van der Waals surface area contributed by atoms with Crippen LogP contribution in [0.3, 0.4) is 0 Å². The zero-order valence-electron chi connectivity index (χ0n) is 18.1. The lowest BCUT2D eigenvalue weighted by molar-refractivity contribution is -0.165. The third kappa shape index (κ3) is 3.74. The molecule has 2 aromatic rings. The topological polar surface area (TPSA) is 116 Å². The molecule has 0 radical (unpaired) electrons. The van der Waals surface area contributed by atoms with Gasteiger partial charge in [-0.3, -0.25) is 4.79 Å². The first-order valence-electron chi connectivity index (χ1n) is 11.2. The standard InChI is InChI=1S/C25H26N2O6/c28-21(27-13-11-25(32,12-14-27)22(29)30)24(9-10-24)26-23(31)33-15-20-18-7-3-1-5-16(18)17-6-2-4-8-19(17)20/h1-8,20,32H,9-15H2,(H,26,31)(H,29,30). The summed E-state index contributed by atoms with van der Waals surface area (Å²) in [5.41, 5.74) is 1.71. The van der Waals surface area contributed by atoms with Crippen LogP contribution in [0.25, 0.3) is 11.1 Å². The summed E-state index contributed by atoms with van der Waals surface area (Å²) in [5.74, 6) is -1.58. The molecule has 3 N–H and O–H groups in total. The third-order valence-electron chi connectivity index (χ3n) is 7.12. The fraction of sp³-hybridized carbons (Fsp3) is 0.400. The van der Waals surface area contributed by atoms with Gasteiger partial charge in [-0.2, -0.15) is 0 Å². The molecule has 5 rings (SSSR count). The number of rotatable bonds is 5. The van der Waals surface area contributed by atoms with Crippen molar-refractivity contribution in [1.29, 1.82) is 0 Å². The first-order chi connectivity index (χ1) is 15.8. The lowest BCUT2D eigenvalue weighted by Crippen LogP contribution is -2.56. The predicted octanol–water partition coefficient (Wildman–Crippen LogP) is 2.50. The summed E-state index contributed by atoms with van der Waals surface area (Å²) in [4.78, 5) is 38.4. The number of alkyl carbamates (subject to hydrolysis) is 1. The molecule has 2 aliphatic carbocycles. The molecule has 0 atom stereocenters. The zero-order valence-corrected chi connectivity index (χ0v) is 18.1. The molecule has 1 heterocycles. The SMILES string of the molecule is O=C(NC1(C(=O)N2CCC(O)(C(=O)O)CC2)CC1)OCC1c2ccccc2-c2ccccc21. The number of carboxylic acid groups (broad SMARTS) is 1. The Morgan fingerprint density at radius 2 is 1.48 bits per heavy atom. The number of carbonyl (C=O) groups is 3. The molecule has 3 aliphatic rings. The number of amides is 2. The number of fused-ring (bicyclic) bond motifs is 3. The number of aliphatic carboxylic acids is 1. The molecule has 8 nitrogen and oxygen atoms in total. The van der Waals surface area contributed by atoms with Gasteiger partial charge in [-0.25, -0.2) is 9.59 Å². The summed E-state index contributed by atoms with van der Waals surface area (Å²) >= 11 is 0. The van der Waals surface area contributed by atoms with E-state index in [-0.39, 0.29) is 44.4 Å². The summed E-state index contributed by atoms with van der Waals surface area (Å²) in [5, 5.41) is 22.0. The number of hydrogen-bond acceptors (Lipinski definition) is 5. The Balaban J connectivity index is 1.21. The van der Waals surface area contributed by atoms with Gasteiger partial charge in [0.1, 0.15) is 12.1 Å². The largest absolute Gasteiger partial charge is 0.479 e. The smallest absolute Gasteiger partial charge is 0.408 e. The zero-order chi connectivity index (χ0) is 23.2. The van der Waals surface area contributed by atoms with E-state index in [9.17, 15) is 19.5 Å². The highest BCUT2D eigenvalue weighted by Crippen LogP contribution is 2.44. The second kappa shape index (κ2) is 7.88. The van der Waals surface area contributed by atoms with Crippen LogP contribution in [0.5, 0.6) is 0 Å². The first-order valence-corrected chi connectivity index (χ1v) is 11.2. The number of carboxylic acids is 1. The van der Waals surface area contributed by atoms with Gasteiger partial charge in [0.15, 0.2) is 5.60 Å². The van der Waals surface area contributed by atoms with Crippen molar-refractivity contribution < 1.29 is 29.3 Å². The van der Waals surface area contributed by atoms with Crippen molar-refractivity contribution in [2.45, 2.75) is 42.7 Å². The summed E-state index contributed by atoms with van der Waals surface area (Å²) < 4.78 is 5.58. The number of nitrogens with zero attached hydrogens (tertiary/aromatic N) is 1. The minimum absolute atomic E-state index is 0.0326. The highest BCUT2D eigenvalue weighted by Gasteiger charge is 2.54. The maximum Gasteiger partial charge on any atom is 0.408 e. The molecule has 0 unspecified atom stereocenters. The second-order valence-electron chi connectivity index (χ2n) is 9.16. The summed E-state index contributed by atoms with van der Waals surface area (Å²) in [6, 6.07) is 16.1. The van der Waals surface area contributed by atoms with E-state index in [0.29, 0.717) is 12.8 Å². The van der Waals surface area contributed by atoms with E-state index in [1.54, 1.807) is 0 Å². The second-order valence-corrected chi connectivity index (χ2v) is 9.16. The highest BCUT2D eigenvalue weighted by atomic mass is 16.5. The highest BCUT2D eigenvalue weighted by molar-refractivity contribution is 5.93. The van der Waals surface area contributed by atoms with E-state index < -0.39 is 23.2 Å². The maximum absolute atomic E-state index is 13.0. The van der Waals surface area contributed by atoms with E-state index in [2.05, 4.69) is 17.4 Å². The number of hydrogen-bond donors (Lipinski definition) is 3. The van der Waals surface area contributed by atoms with Gasteiger partial charge >= 0.3 is 12.1 Å². The van der Waals surface area contributed by atoms with Crippen LogP contribution in [0.4, 0.5) is 4.79 Å². The molecule has 8 heteroatoms. The molecular formula is C25H26N2O6. The summed E-state index contributed by atoms with van der Waals surface area (Å²) in [6.45, 7) is 0.436. The fourth-order valence-electron chi connectivity index (χ4n) is 4.94. The quantitative estimate of drug-likeness (QED) is 0.645.